The van der Waals surface area contributed by atoms with E-state index >= 15 is 0 Å². The number of nitrogens with zero attached hydrogens (tertiary/aromatic N) is 6. The first kappa shape index (κ1) is 25.4. The van der Waals surface area contributed by atoms with E-state index in [1.807, 2.05) is 31.3 Å². The van der Waals surface area contributed by atoms with E-state index in [1.165, 1.54) is 11.3 Å². The van der Waals surface area contributed by atoms with Gasteiger partial charge in [0.15, 0.2) is 5.76 Å². The summed E-state index contributed by atoms with van der Waals surface area (Å²) in [5.74, 6) is 2.93. The Balaban J connectivity index is 1.36. The predicted molar refractivity (Wildman–Crippen MR) is 146 cm³/mol. The third-order valence-corrected chi connectivity index (χ3v) is 7.35. The Kier molecular flexibility index (Phi) is 7.33. The molecule has 0 aliphatic carbocycles. The average Bonchev–Trinajstić information content (AvgIpc) is 3.65. The van der Waals surface area contributed by atoms with Gasteiger partial charge < -0.3 is 23.5 Å². The molecule has 196 valence electrons. The van der Waals surface area contributed by atoms with Crippen LogP contribution < -0.4 is 14.2 Å². The van der Waals surface area contributed by atoms with E-state index in [0.717, 1.165) is 31.3 Å². The van der Waals surface area contributed by atoms with Gasteiger partial charge in [0, 0.05) is 31.1 Å². The number of nitriles is 1. The number of fused-ring (bicyclic) bond motifs is 2. The number of benzene rings is 1. The summed E-state index contributed by atoms with van der Waals surface area (Å²) in [7, 11) is 3.20. The maximum atomic E-state index is 9.29. The van der Waals surface area contributed by atoms with Crippen LogP contribution in [0.3, 0.4) is 0 Å². The fourth-order valence-corrected chi connectivity index (χ4v) is 5.20. The van der Waals surface area contributed by atoms with E-state index in [1.54, 1.807) is 30.9 Å². The normalized spacial score (nSPS) is 16.6. The quantitative estimate of drug-likeness (QED) is 0.162. The minimum absolute atomic E-state index is 0.277. The van der Waals surface area contributed by atoms with Gasteiger partial charge in [0.05, 0.1) is 44.1 Å². The van der Waals surface area contributed by atoms with Crippen molar-refractivity contribution in [2.45, 2.75) is 19.8 Å². The number of imidazole rings is 1. The fraction of sp³-hybridized carbons (Fsp3) is 0.333. The van der Waals surface area contributed by atoms with Gasteiger partial charge in [-0.05, 0) is 50.0 Å². The molecule has 11 heteroatoms. The van der Waals surface area contributed by atoms with Gasteiger partial charge in [0.2, 0.25) is 4.96 Å². The van der Waals surface area contributed by atoms with Crippen LogP contribution in [-0.4, -0.2) is 60.1 Å². The van der Waals surface area contributed by atoms with Crippen molar-refractivity contribution in [1.82, 2.24) is 19.5 Å². The maximum absolute atomic E-state index is 9.29. The lowest BCUT2D eigenvalue weighted by molar-refractivity contribution is 0.155. The van der Waals surface area contributed by atoms with E-state index in [-0.39, 0.29) is 5.92 Å². The molecule has 3 aromatic heterocycles. The van der Waals surface area contributed by atoms with Crippen molar-refractivity contribution in [1.29, 1.82) is 5.26 Å². The zero-order valence-electron chi connectivity index (χ0n) is 21.5. The van der Waals surface area contributed by atoms with Crippen LogP contribution in [0.4, 0.5) is 0 Å². The number of furan rings is 1. The summed E-state index contributed by atoms with van der Waals surface area (Å²) in [6.07, 6.45) is 7.38. The van der Waals surface area contributed by atoms with Gasteiger partial charge in [-0.1, -0.05) is 6.08 Å². The number of hydrogen-bond acceptors (Lipinski definition) is 10. The predicted octanol–water partition coefficient (Wildman–Crippen LogP) is 5.32. The number of ether oxygens (including phenoxy) is 3. The molecule has 5 rings (SSSR count). The first-order valence-electron chi connectivity index (χ1n) is 12.2. The Hall–Kier alpha value is -4.30. The zero-order chi connectivity index (χ0) is 26.6. The minimum Gasteiger partial charge on any atom is -0.496 e. The SMILES string of the molecule is C=N/C(=C\C(C#N)=C/C)N1CCCC(COc2cc(OC)cc3oc(-c4cn5nc(OC)sc5n4)cc23)C1. The third kappa shape index (κ3) is 5.08. The molecule has 0 saturated carbocycles. The zero-order valence-corrected chi connectivity index (χ0v) is 22.3. The number of rotatable bonds is 9. The molecule has 4 aromatic rings. The molecule has 0 radical (unpaired) electrons. The molecule has 1 saturated heterocycles. The maximum Gasteiger partial charge on any atom is 0.294 e. The number of methoxy groups -OCH3 is 2. The molecule has 1 unspecified atom stereocenters. The van der Waals surface area contributed by atoms with E-state index < -0.39 is 0 Å². The molecule has 38 heavy (non-hydrogen) atoms. The van der Waals surface area contributed by atoms with Crippen LogP contribution in [-0.2, 0) is 0 Å². The lowest BCUT2D eigenvalue weighted by atomic mass is 9.99. The summed E-state index contributed by atoms with van der Waals surface area (Å²) in [5.41, 5.74) is 1.88. The lowest BCUT2D eigenvalue weighted by Gasteiger charge is -2.34. The first-order valence-corrected chi connectivity index (χ1v) is 13.0. The molecule has 1 aliphatic rings. The molecule has 10 nitrogen and oxygen atoms in total. The highest BCUT2D eigenvalue weighted by molar-refractivity contribution is 7.18. The van der Waals surface area contributed by atoms with Gasteiger partial charge in [-0.2, -0.15) is 5.26 Å². The number of piperidine rings is 1. The number of allylic oxidation sites excluding steroid dienone is 3. The Morgan fingerprint density at radius 1 is 1.34 bits per heavy atom. The standard InChI is InChI=1S/C27H28N6O4S/c1-5-17(13-28)9-25(29-2)32-8-6-7-18(14-32)16-36-22-10-19(34-3)11-23-20(22)12-24(37-23)21-15-33-26(30-21)38-27(31-33)35-4/h5,9-12,15,18H,2,6-8,14,16H2,1,3-4H3/b17-5+,25-9+. The van der Waals surface area contributed by atoms with E-state index in [9.17, 15) is 5.26 Å². The highest BCUT2D eigenvalue weighted by Crippen LogP contribution is 2.38. The highest BCUT2D eigenvalue weighted by Gasteiger charge is 2.23. The third-order valence-electron chi connectivity index (χ3n) is 6.46. The minimum atomic E-state index is 0.277. The van der Waals surface area contributed by atoms with Crippen molar-refractivity contribution >= 4 is 34.0 Å². The van der Waals surface area contributed by atoms with Crippen LogP contribution >= 0.6 is 11.3 Å². The molecule has 0 spiro atoms. The number of hydrogen-bond donors (Lipinski definition) is 0. The van der Waals surface area contributed by atoms with Crippen LogP contribution in [0.15, 0.2) is 57.4 Å². The van der Waals surface area contributed by atoms with Crippen molar-refractivity contribution in [3.05, 3.63) is 47.9 Å². The van der Waals surface area contributed by atoms with Crippen molar-refractivity contribution in [3.8, 4) is 34.2 Å². The summed E-state index contributed by atoms with van der Waals surface area (Å²) in [4.78, 5) is 11.7. The van der Waals surface area contributed by atoms with Crippen LogP contribution in [0, 0.1) is 17.2 Å². The van der Waals surface area contributed by atoms with Crippen molar-refractivity contribution in [2.75, 3.05) is 33.9 Å². The second-order valence-electron chi connectivity index (χ2n) is 8.86. The Bertz CT molecular complexity index is 1540. The fourth-order valence-electron chi connectivity index (χ4n) is 4.50. The monoisotopic (exact) mass is 532 g/mol. The van der Waals surface area contributed by atoms with Gasteiger partial charge in [0.25, 0.3) is 5.19 Å². The topological polar surface area (TPSA) is 110 Å². The Morgan fingerprint density at radius 2 is 2.21 bits per heavy atom. The van der Waals surface area contributed by atoms with Gasteiger partial charge in [0.1, 0.15) is 28.6 Å². The number of aliphatic imine (C=N–C) groups is 1. The highest BCUT2D eigenvalue weighted by atomic mass is 32.1. The van der Waals surface area contributed by atoms with Crippen molar-refractivity contribution in [3.63, 3.8) is 0 Å². The Labute approximate surface area is 224 Å². The molecule has 0 N–H and O–H groups in total. The van der Waals surface area contributed by atoms with Crippen LogP contribution in [0.25, 0.3) is 27.4 Å². The van der Waals surface area contributed by atoms with Crippen molar-refractivity contribution in [2.24, 2.45) is 10.9 Å². The summed E-state index contributed by atoms with van der Waals surface area (Å²) in [6, 6.07) is 7.83. The molecule has 1 aliphatic heterocycles. The van der Waals surface area contributed by atoms with E-state index in [4.69, 9.17) is 18.6 Å². The number of aromatic nitrogens is 3. The van der Waals surface area contributed by atoms with Gasteiger partial charge in [-0.25, -0.2) is 14.5 Å². The van der Waals surface area contributed by atoms with E-state index in [0.29, 0.717) is 56.7 Å². The van der Waals surface area contributed by atoms with Crippen molar-refractivity contribution < 1.29 is 18.6 Å². The second kappa shape index (κ2) is 11.0. The molecule has 1 aromatic carbocycles. The molecule has 0 bridgehead atoms. The average molecular weight is 533 g/mol. The van der Waals surface area contributed by atoms with Crippen LogP contribution in [0.2, 0.25) is 0 Å². The van der Waals surface area contributed by atoms with Crippen LogP contribution in [0.1, 0.15) is 19.8 Å². The second-order valence-corrected chi connectivity index (χ2v) is 9.77. The molecule has 4 heterocycles. The van der Waals surface area contributed by atoms with Gasteiger partial charge in [-0.3, -0.25) is 0 Å². The first-order chi connectivity index (χ1) is 18.5. The molecular weight excluding hydrogens is 504 g/mol. The lowest BCUT2D eigenvalue weighted by Crippen LogP contribution is -2.36. The largest absolute Gasteiger partial charge is 0.496 e. The molecule has 1 fully saturated rings. The molecular formula is C27H28N6O4S. The Morgan fingerprint density at radius 3 is 2.92 bits per heavy atom. The van der Waals surface area contributed by atoms with Gasteiger partial charge >= 0.3 is 0 Å². The van der Waals surface area contributed by atoms with Gasteiger partial charge in [-0.15, -0.1) is 5.10 Å². The number of likely N-dealkylation sites (tertiary alicyclic amines) is 1. The molecule has 1 atom stereocenters. The van der Waals surface area contributed by atoms with Crippen LogP contribution in [0.5, 0.6) is 16.7 Å². The molecule has 0 amide bonds. The summed E-state index contributed by atoms with van der Waals surface area (Å²) >= 11 is 1.36. The smallest absolute Gasteiger partial charge is 0.294 e. The summed E-state index contributed by atoms with van der Waals surface area (Å²) in [5, 5.41) is 15.0. The summed E-state index contributed by atoms with van der Waals surface area (Å²) in [6.45, 7) is 7.68. The summed E-state index contributed by atoms with van der Waals surface area (Å²) < 4.78 is 24.9. The van der Waals surface area contributed by atoms with E-state index in [2.05, 4.69) is 32.8 Å².